The average molecular weight is 210 g/mol. The van der Waals surface area contributed by atoms with Crippen molar-refractivity contribution in [3.05, 3.63) is 0 Å². The second-order valence-electron chi connectivity index (χ2n) is 5.86. The predicted molar refractivity (Wildman–Crippen MR) is 65.0 cm³/mol. The van der Waals surface area contributed by atoms with Crippen LogP contribution in [0.25, 0.3) is 0 Å². The van der Waals surface area contributed by atoms with Gasteiger partial charge in [0, 0.05) is 6.54 Å². The Morgan fingerprint density at radius 2 is 1.93 bits per heavy atom. The number of rotatable bonds is 5. The Kier molecular flexibility index (Phi) is 4.04. The first-order valence-corrected chi connectivity index (χ1v) is 6.70. The smallest absolute Gasteiger partial charge is 0.000516 e. The Bertz CT molecular complexity index is 181. The molecule has 1 aliphatic carbocycles. The van der Waals surface area contributed by atoms with Crippen LogP contribution in [0, 0.1) is 11.3 Å². The Labute approximate surface area is 94.2 Å². The van der Waals surface area contributed by atoms with Crippen LogP contribution in [0.1, 0.15) is 45.4 Å². The third-order valence-corrected chi connectivity index (χ3v) is 4.21. The van der Waals surface area contributed by atoms with Gasteiger partial charge in [-0.05, 0) is 50.2 Å². The van der Waals surface area contributed by atoms with E-state index in [0.717, 1.165) is 5.92 Å². The summed E-state index contributed by atoms with van der Waals surface area (Å²) in [5.74, 6) is 0.955. The fraction of sp³-hybridized carbons (Fsp3) is 1.00. The summed E-state index contributed by atoms with van der Waals surface area (Å²) in [4.78, 5) is 0. The molecule has 0 bridgehead atoms. The lowest BCUT2D eigenvalue weighted by atomic mass is 9.76. The van der Waals surface area contributed by atoms with E-state index < -0.39 is 0 Å². The van der Waals surface area contributed by atoms with Crippen molar-refractivity contribution in [1.82, 2.24) is 10.6 Å². The molecule has 0 aromatic carbocycles. The van der Waals surface area contributed by atoms with Crippen molar-refractivity contribution in [3.8, 4) is 0 Å². The van der Waals surface area contributed by atoms with Crippen molar-refractivity contribution >= 4 is 0 Å². The predicted octanol–water partition coefficient (Wildman–Crippen LogP) is 2.16. The van der Waals surface area contributed by atoms with Gasteiger partial charge < -0.3 is 10.6 Å². The molecule has 0 atom stereocenters. The molecule has 1 heterocycles. The normalized spacial score (nSPS) is 26.2. The topological polar surface area (TPSA) is 24.1 Å². The molecule has 0 aromatic heterocycles. The van der Waals surface area contributed by atoms with E-state index in [1.807, 2.05) is 0 Å². The molecule has 0 amide bonds. The van der Waals surface area contributed by atoms with Crippen LogP contribution < -0.4 is 10.6 Å². The summed E-state index contributed by atoms with van der Waals surface area (Å²) in [5.41, 5.74) is 0.607. The number of hydrogen-bond acceptors (Lipinski definition) is 2. The SMILES string of the molecule is CC1(CNCCC2CNC2)CCCCC1. The van der Waals surface area contributed by atoms with Gasteiger partial charge in [0.15, 0.2) is 0 Å². The lowest BCUT2D eigenvalue weighted by Gasteiger charge is -2.34. The lowest BCUT2D eigenvalue weighted by molar-refractivity contribution is 0.204. The lowest BCUT2D eigenvalue weighted by Crippen LogP contribution is -2.44. The summed E-state index contributed by atoms with van der Waals surface area (Å²) in [6.07, 6.45) is 8.60. The second-order valence-corrected chi connectivity index (χ2v) is 5.86. The molecule has 2 N–H and O–H groups in total. The van der Waals surface area contributed by atoms with Gasteiger partial charge in [-0.2, -0.15) is 0 Å². The molecule has 2 aliphatic rings. The molecule has 0 unspecified atom stereocenters. The molecule has 2 rings (SSSR count). The first-order valence-electron chi connectivity index (χ1n) is 6.70. The van der Waals surface area contributed by atoms with Gasteiger partial charge in [-0.3, -0.25) is 0 Å². The summed E-state index contributed by atoms with van der Waals surface area (Å²) in [7, 11) is 0. The average Bonchev–Trinajstić information content (AvgIpc) is 2.16. The third-order valence-electron chi connectivity index (χ3n) is 4.21. The molecule has 1 aliphatic heterocycles. The van der Waals surface area contributed by atoms with E-state index in [-0.39, 0.29) is 0 Å². The summed E-state index contributed by atoms with van der Waals surface area (Å²) >= 11 is 0. The highest BCUT2D eigenvalue weighted by molar-refractivity contribution is 4.81. The van der Waals surface area contributed by atoms with Crippen LogP contribution in [0.4, 0.5) is 0 Å². The van der Waals surface area contributed by atoms with Crippen LogP contribution in [-0.4, -0.2) is 26.2 Å². The Morgan fingerprint density at radius 1 is 1.20 bits per heavy atom. The van der Waals surface area contributed by atoms with Gasteiger partial charge in [-0.15, -0.1) is 0 Å². The minimum absolute atomic E-state index is 0.607. The van der Waals surface area contributed by atoms with Gasteiger partial charge >= 0.3 is 0 Å². The Hall–Kier alpha value is -0.0800. The van der Waals surface area contributed by atoms with Gasteiger partial charge in [0.05, 0.1) is 0 Å². The van der Waals surface area contributed by atoms with Crippen molar-refractivity contribution in [3.63, 3.8) is 0 Å². The summed E-state index contributed by atoms with van der Waals surface area (Å²) in [6.45, 7) is 7.43. The molecule has 0 spiro atoms. The van der Waals surface area contributed by atoms with Gasteiger partial charge in [-0.1, -0.05) is 26.2 Å². The summed E-state index contributed by atoms with van der Waals surface area (Å²) in [6, 6.07) is 0. The molecule has 15 heavy (non-hydrogen) atoms. The zero-order chi connectivity index (χ0) is 10.6. The van der Waals surface area contributed by atoms with E-state index in [4.69, 9.17) is 0 Å². The fourth-order valence-corrected chi connectivity index (χ4v) is 2.83. The van der Waals surface area contributed by atoms with Gasteiger partial charge in [-0.25, -0.2) is 0 Å². The van der Waals surface area contributed by atoms with E-state index >= 15 is 0 Å². The largest absolute Gasteiger partial charge is 0.316 e. The standard InChI is InChI=1S/C13H26N2/c1-13(6-3-2-4-7-13)11-14-8-5-12-9-15-10-12/h12,14-15H,2-11H2,1H3. The van der Waals surface area contributed by atoms with Crippen molar-refractivity contribution in [2.24, 2.45) is 11.3 Å². The number of hydrogen-bond donors (Lipinski definition) is 2. The monoisotopic (exact) mass is 210 g/mol. The fourth-order valence-electron chi connectivity index (χ4n) is 2.83. The van der Waals surface area contributed by atoms with E-state index in [0.29, 0.717) is 5.41 Å². The number of nitrogens with one attached hydrogen (secondary N) is 2. The molecule has 2 nitrogen and oxygen atoms in total. The molecule has 2 fully saturated rings. The molecule has 1 saturated heterocycles. The van der Waals surface area contributed by atoms with E-state index in [9.17, 15) is 0 Å². The first-order chi connectivity index (χ1) is 7.29. The minimum Gasteiger partial charge on any atom is -0.316 e. The van der Waals surface area contributed by atoms with E-state index in [1.165, 1.54) is 64.7 Å². The van der Waals surface area contributed by atoms with Crippen molar-refractivity contribution in [2.75, 3.05) is 26.2 Å². The van der Waals surface area contributed by atoms with Crippen molar-refractivity contribution in [2.45, 2.75) is 45.4 Å². The zero-order valence-electron chi connectivity index (χ0n) is 10.1. The Morgan fingerprint density at radius 3 is 2.53 bits per heavy atom. The van der Waals surface area contributed by atoms with Gasteiger partial charge in [0.25, 0.3) is 0 Å². The highest BCUT2D eigenvalue weighted by Gasteiger charge is 2.26. The minimum atomic E-state index is 0.607. The van der Waals surface area contributed by atoms with Crippen LogP contribution in [0.2, 0.25) is 0 Å². The van der Waals surface area contributed by atoms with Crippen molar-refractivity contribution < 1.29 is 0 Å². The van der Waals surface area contributed by atoms with Crippen LogP contribution in [0.15, 0.2) is 0 Å². The third kappa shape index (κ3) is 3.46. The van der Waals surface area contributed by atoms with Crippen LogP contribution in [0.5, 0.6) is 0 Å². The quantitative estimate of drug-likeness (QED) is 0.680. The summed E-state index contributed by atoms with van der Waals surface area (Å²) < 4.78 is 0. The van der Waals surface area contributed by atoms with E-state index in [1.54, 1.807) is 0 Å². The highest BCUT2D eigenvalue weighted by atomic mass is 15.0. The van der Waals surface area contributed by atoms with Crippen molar-refractivity contribution in [1.29, 1.82) is 0 Å². The summed E-state index contributed by atoms with van der Waals surface area (Å²) in [5, 5.41) is 7.00. The maximum Gasteiger partial charge on any atom is 0.000516 e. The molecular formula is C13H26N2. The van der Waals surface area contributed by atoms with E-state index in [2.05, 4.69) is 17.6 Å². The molecule has 88 valence electrons. The maximum atomic E-state index is 3.67. The molecule has 2 heteroatoms. The second kappa shape index (κ2) is 5.31. The van der Waals surface area contributed by atoms with Crippen LogP contribution in [0.3, 0.4) is 0 Å². The van der Waals surface area contributed by atoms with Crippen LogP contribution in [-0.2, 0) is 0 Å². The highest BCUT2D eigenvalue weighted by Crippen LogP contribution is 2.34. The molecule has 0 radical (unpaired) electrons. The van der Waals surface area contributed by atoms with Gasteiger partial charge in [0.2, 0.25) is 0 Å². The Balaban J connectivity index is 1.55. The maximum absolute atomic E-state index is 3.67. The van der Waals surface area contributed by atoms with Crippen LogP contribution >= 0.6 is 0 Å². The van der Waals surface area contributed by atoms with Gasteiger partial charge in [0.1, 0.15) is 0 Å². The molecule has 1 saturated carbocycles. The molecule has 0 aromatic rings. The zero-order valence-corrected chi connectivity index (χ0v) is 10.1. The molecular weight excluding hydrogens is 184 g/mol. The first kappa shape index (κ1) is 11.4.